The van der Waals surface area contributed by atoms with E-state index < -0.39 is 0 Å². The molecule has 2 aliphatic heterocycles. The molecule has 1 aromatic carbocycles. The lowest BCUT2D eigenvalue weighted by molar-refractivity contribution is 0.0906. The van der Waals surface area contributed by atoms with Crippen molar-refractivity contribution in [3.8, 4) is 0 Å². The Bertz CT molecular complexity index is 542. The molecule has 1 N–H and O–H groups in total. The number of benzene rings is 1. The van der Waals surface area contributed by atoms with E-state index in [4.69, 9.17) is 4.74 Å². The molecule has 0 radical (unpaired) electrons. The van der Waals surface area contributed by atoms with Gasteiger partial charge in [-0.3, -0.25) is 4.99 Å². The Morgan fingerprint density at radius 1 is 1.15 bits per heavy atom. The standard InChI is InChI=1S/C21H34N4O/c1-22-21(23-11-15-24-12-6-3-7-13-24)25-14-10-20(16-25)18-26-17-19-8-4-2-5-9-19/h2,4-5,8-9,20H,3,6-7,10-18H2,1H3,(H,22,23). The molecule has 5 heteroatoms. The van der Waals surface area contributed by atoms with Gasteiger partial charge >= 0.3 is 0 Å². The summed E-state index contributed by atoms with van der Waals surface area (Å²) >= 11 is 0. The summed E-state index contributed by atoms with van der Waals surface area (Å²) in [6, 6.07) is 10.4. The van der Waals surface area contributed by atoms with Crippen molar-refractivity contribution in [2.75, 3.05) is 52.9 Å². The number of hydrogen-bond acceptors (Lipinski definition) is 3. The quantitative estimate of drug-likeness (QED) is 0.601. The van der Waals surface area contributed by atoms with Crippen molar-refractivity contribution in [2.24, 2.45) is 10.9 Å². The maximum atomic E-state index is 5.93. The van der Waals surface area contributed by atoms with Crippen molar-refractivity contribution in [1.29, 1.82) is 0 Å². The van der Waals surface area contributed by atoms with Gasteiger partial charge in [-0.05, 0) is 37.9 Å². The SMILES string of the molecule is CN=C(NCCN1CCCCC1)N1CCC(COCc2ccccc2)C1. The molecular formula is C21H34N4O. The van der Waals surface area contributed by atoms with Crippen molar-refractivity contribution in [3.05, 3.63) is 35.9 Å². The highest BCUT2D eigenvalue weighted by Crippen LogP contribution is 2.17. The van der Waals surface area contributed by atoms with Gasteiger partial charge in [-0.1, -0.05) is 36.8 Å². The predicted octanol–water partition coefficient (Wildman–Crippen LogP) is 2.59. The second kappa shape index (κ2) is 10.5. The number of piperidine rings is 1. The second-order valence-corrected chi connectivity index (χ2v) is 7.48. The molecule has 2 saturated heterocycles. The number of rotatable bonds is 7. The first-order valence-electron chi connectivity index (χ1n) is 10.1. The first-order chi connectivity index (χ1) is 12.8. The van der Waals surface area contributed by atoms with Gasteiger partial charge < -0.3 is 19.9 Å². The fourth-order valence-electron chi connectivity index (χ4n) is 3.92. The number of likely N-dealkylation sites (tertiary alicyclic amines) is 2. The van der Waals surface area contributed by atoms with Gasteiger partial charge in [-0.25, -0.2) is 0 Å². The molecule has 3 rings (SSSR count). The van der Waals surface area contributed by atoms with Gasteiger partial charge in [0.25, 0.3) is 0 Å². The Hall–Kier alpha value is -1.59. The van der Waals surface area contributed by atoms with Gasteiger partial charge in [-0.2, -0.15) is 0 Å². The van der Waals surface area contributed by atoms with Crippen LogP contribution in [0.5, 0.6) is 0 Å². The van der Waals surface area contributed by atoms with Crippen LogP contribution in [-0.2, 0) is 11.3 Å². The Morgan fingerprint density at radius 2 is 1.96 bits per heavy atom. The summed E-state index contributed by atoms with van der Waals surface area (Å²) in [4.78, 5) is 9.43. The van der Waals surface area contributed by atoms with Crippen LogP contribution in [-0.4, -0.2) is 68.7 Å². The maximum absolute atomic E-state index is 5.93. The van der Waals surface area contributed by atoms with Gasteiger partial charge in [0.15, 0.2) is 5.96 Å². The molecule has 5 nitrogen and oxygen atoms in total. The smallest absolute Gasteiger partial charge is 0.193 e. The largest absolute Gasteiger partial charge is 0.376 e. The van der Waals surface area contributed by atoms with Crippen molar-refractivity contribution >= 4 is 5.96 Å². The summed E-state index contributed by atoms with van der Waals surface area (Å²) in [7, 11) is 1.89. The molecule has 2 fully saturated rings. The van der Waals surface area contributed by atoms with E-state index in [-0.39, 0.29) is 0 Å². The summed E-state index contributed by atoms with van der Waals surface area (Å²) < 4.78 is 5.93. The minimum atomic E-state index is 0.597. The van der Waals surface area contributed by atoms with E-state index in [1.54, 1.807) is 0 Å². The molecule has 0 amide bonds. The number of ether oxygens (including phenoxy) is 1. The van der Waals surface area contributed by atoms with E-state index in [9.17, 15) is 0 Å². The van der Waals surface area contributed by atoms with Crippen LogP contribution in [0.15, 0.2) is 35.3 Å². The Morgan fingerprint density at radius 3 is 2.73 bits per heavy atom. The molecule has 1 unspecified atom stereocenters. The lowest BCUT2D eigenvalue weighted by Crippen LogP contribution is -2.44. The third kappa shape index (κ3) is 5.99. The van der Waals surface area contributed by atoms with Crippen LogP contribution >= 0.6 is 0 Å². The molecule has 144 valence electrons. The molecule has 1 atom stereocenters. The first-order valence-corrected chi connectivity index (χ1v) is 10.1. The van der Waals surface area contributed by atoms with Gasteiger partial charge in [0, 0.05) is 39.1 Å². The summed E-state index contributed by atoms with van der Waals surface area (Å²) in [6.07, 6.45) is 5.28. The molecular weight excluding hydrogens is 324 g/mol. The zero-order chi connectivity index (χ0) is 18.0. The zero-order valence-electron chi connectivity index (χ0n) is 16.2. The highest BCUT2D eigenvalue weighted by atomic mass is 16.5. The van der Waals surface area contributed by atoms with E-state index in [2.05, 4.69) is 44.4 Å². The number of nitrogens with one attached hydrogen (secondary N) is 1. The summed E-state index contributed by atoms with van der Waals surface area (Å²) in [5, 5.41) is 3.55. The monoisotopic (exact) mass is 358 g/mol. The third-order valence-electron chi connectivity index (χ3n) is 5.42. The minimum Gasteiger partial charge on any atom is -0.376 e. The van der Waals surface area contributed by atoms with Crippen LogP contribution in [0.2, 0.25) is 0 Å². The van der Waals surface area contributed by atoms with Crippen molar-refractivity contribution in [1.82, 2.24) is 15.1 Å². The van der Waals surface area contributed by atoms with Gasteiger partial charge in [-0.15, -0.1) is 0 Å². The number of aliphatic imine (C=N–C) groups is 1. The predicted molar refractivity (Wildman–Crippen MR) is 107 cm³/mol. The van der Waals surface area contributed by atoms with Crippen molar-refractivity contribution in [3.63, 3.8) is 0 Å². The number of guanidine groups is 1. The van der Waals surface area contributed by atoms with Crippen LogP contribution in [0.3, 0.4) is 0 Å². The average molecular weight is 359 g/mol. The highest BCUT2D eigenvalue weighted by Gasteiger charge is 2.25. The van der Waals surface area contributed by atoms with E-state index in [1.807, 2.05) is 13.1 Å². The molecule has 2 heterocycles. The summed E-state index contributed by atoms with van der Waals surface area (Å²) in [5.41, 5.74) is 1.25. The van der Waals surface area contributed by atoms with E-state index in [0.717, 1.165) is 38.7 Å². The Kier molecular flexibility index (Phi) is 7.77. The fraction of sp³-hybridized carbons (Fsp3) is 0.667. The summed E-state index contributed by atoms with van der Waals surface area (Å²) in [6.45, 7) is 8.27. The van der Waals surface area contributed by atoms with E-state index in [0.29, 0.717) is 12.5 Å². The Labute approximate surface area is 158 Å². The van der Waals surface area contributed by atoms with Gasteiger partial charge in [0.2, 0.25) is 0 Å². The van der Waals surface area contributed by atoms with Crippen molar-refractivity contribution in [2.45, 2.75) is 32.3 Å². The van der Waals surface area contributed by atoms with Crippen LogP contribution < -0.4 is 5.32 Å². The van der Waals surface area contributed by atoms with Crippen LogP contribution in [0.1, 0.15) is 31.2 Å². The topological polar surface area (TPSA) is 40.1 Å². The first kappa shape index (κ1) is 19.2. The lowest BCUT2D eigenvalue weighted by atomic mass is 10.1. The molecule has 1 aromatic rings. The number of hydrogen-bond donors (Lipinski definition) is 1. The minimum absolute atomic E-state index is 0.597. The highest BCUT2D eigenvalue weighted by molar-refractivity contribution is 5.80. The Balaban J connectivity index is 1.33. The summed E-state index contributed by atoms with van der Waals surface area (Å²) in [5.74, 6) is 1.65. The average Bonchev–Trinajstić information content (AvgIpc) is 3.16. The van der Waals surface area contributed by atoms with Gasteiger partial charge in [0.05, 0.1) is 13.2 Å². The molecule has 0 spiro atoms. The fourth-order valence-corrected chi connectivity index (χ4v) is 3.92. The zero-order valence-corrected chi connectivity index (χ0v) is 16.2. The van der Waals surface area contributed by atoms with Crippen LogP contribution in [0.4, 0.5) is 0 Å². The van der Waals surface area contributed by atoms with E-state index in [1.165, 1.54) is 44.3 Å². The molecule has 2 aliphatic rings. The maximum Gasteiger partial charge on any atom is 0.193 e. The molecule has 26 heavy (non-hydrogen) atoms. The molecule has 0 aromatic heterocycles. The lowest BCUT2D eigenvalue weighted by Gasteiger charge is -2.28. The van der Waals surface area contributed by atoms with E-state index >= 15 is 0 Å². The van der Waals surface area contributed by atoms with Crippen LogP contribution in [0, 0.1) is 5.92 Å². The van der Waals surface area contributed by atoms with Gasteiger partial charge in [0.1, 0.15) is 0 Å². The van der Waals surface area contributed by atoms with Crippen LogP contribution in [0.25, 0.3) is 0 Å². The van der Waals surface area contributed by atoms with Crippen molar-refractivity contribution < 1.29 is 4.74 Å². The number of nitrogens with zero attached hydrogens (tertiary/aromatic N) is 3. The molecule has 0 saturated carbocycles. The normalized spacial score (nSPS) is 22.0. The second-order valence-electron chi connectivity index (χ2n) is 7.48. The molecule has 0 aliphatic carbocycles. The molecule has 0 bridgehead atoms. The third-order valence-corrected chi connectivity index (χ3v) is 5.42.